The van der Waals surface area contributed by atoms with Crippen molar-refractivity contribution >= 4 is 15.9 Å². The molecule has 0 spiro atoms. The molecule has 2 nitrogen and oxygen atoms in total. The predicted molar refractivity (Wildman–Crippen MR) is 51.1 cm³/mol. The Morgan fingerprint density at radius 2 is 2.17 bits per heavy atom. The molecule has 2 rings (SSSR count). The van der Waals surface area contributed by atoms with Crippen molar-refractivity contribution in [3.63, 3.8) is 0 Å². The summed E-state index contributed by atoms with van der Waals surface area (Å²) in [4.78, 5) is 3.39. The second kappa shape index (κ2) is 2.89. The van der Waals surface area contributed by atoms with Crippen molar-refractivity contribution in [3.8, 4) is 0 Å². The van der Waals surface area contributed by atoms with Crippen LogP contribution in [0.3, 0.4) is 0 Å². The molecule has 0 aromatic carbocycles. The van der Waals surface area contributed by atoms with Gasteiger partial charge in [-0.05, 0) is 21.8 Å². The first-order valence-corrected chi connectivity index (χ1v) is 4.96. The van der Waals surface area contributed by atoms with Crippen molar-refractivity contribution in [2.45, 2.75) is 33.0 Å². The van der Waals surface area contributed by atoms with Gasteiger partial charge in [0.2, 0.25) is 0 Å². The van der Waals surface area contributed by atoms with Crippen LogP contribution in [0.2, 0.25) is 0 Å². The first-order chi connectivity index (χ1) is 5.70. The van der Waals surface area contributed by atoms with E-state index in [4.69, 9.17) is 4.74 Å². The van der Waals surface area contributed by atoms with E-state index < -0.39 is 0 Å². The Morgan fingerprint density at radius 1 is 1.42 bits per heavy atom. The second-order valence-electron chi connectivity index (χ2n) is 3.46. The molecule has 1 aromatic rings. The van der Waals surface area contributed by atoms with Gasteiger partial charge in [-0.25, -0.2) is 0 Å². The molecular formula is C9H12BrNO. The minimum absolute atomic E-state index is 0.546. The highest BCUT2D eigenvalue weighted by Crippen LogP contribution is 2.34. The average molecular weight is 230 g/mol. The SMILES string of the molecule is CC(C)c1[nH]c2c(c1Br)COC2. The lowest BCUT2D eigenvalue weighted by atomic mass is 10.1. The number of H-pyrrole nitrogens is 1. The molecule has 0 fully saturated rings. The average Bonchev–Trinajstić information content (AvgIpc) is 2.53. The molecule has 1 aliphatic rings. The van der Waals surface area contributed by atoms with Crippen LogP contribution in [0, 0.1) is 0 Å². The zero-order valence-corrected chi connectivity index (χ0v) is 8.86. The normalized spacial score (nSPS) is 15.7. The molecule has 3 heteroatoms. The molecule has 0 radical (unpaired) electrons. The molecule has 0 saturated heterocycles. The molecule has 0 bridgehead atoms. The van der Waals surface area contributed by atoms with E-state index in [2.05, 4.69) is 34.8 Å². The first-order valence-electron chi connectivity index (χ1n) is 4.17. The Labute approximate surface area is 80.4 Å². The van der Waals surface area contributed by atoms with E-state index in [0.29, 0.717) is 5.92 Å². The first kappa shape index (κ1) is 8.32. The largest absolute Gasteiger partial charge is 0.370 e. The van der Waals surface area contributed by atoms with Gasteiger partial charge in [0.1, 0.15) is 0 Å². The van der Waals surface area contributed by atoms with Gasteiger partial charge in [0, 0.05) is 21.4 Å². The number of rotatable bonds is 1. The molecule has 0 saturated carbocycles. The Bertz CT molecular complexity index is 304. The van der Waals surface area contributed by atoms with Crippen LogP contribution in [0.4, 0.5) is 0 Å². The highest BCUT2D eigenvalue weighted by molar-refractivity contribution is 9.10. The van der Waals surface area contributed by atoms with Crippen LogP contribution in [0.25, 0.3) is 0 Å². The number of ether oxygens (including phenoxy) is 1. The number of fused-ring (bicyclic) bond motifs is 1. The molecular weight excluding hydrogens is 218 g/mol. The summed E-state index contributed by atoms with van der Waals surface area (Å²) >= 11 is 3.59. The summed E-state index contributed by atoms with van der Waals surface area (Å²) in [6.07, 6.45) is 0. The van der Waals surface area contributed by atoms with Gasteiger partial charge < -0.3 is 9.72 Å². The zero-order chi connectivity index (χ0) is 8.72. The Kier molecular flexibility index (Phi) is 2.00. The number of hydrogen-bond acceptors (Lipinski definition) is 1. The Hall–Kier alpha value is -0.280. The Morgan fingerprint density at radius 3 is 2.75 bits per heavy atom. The smallest absolute Gasteiger partial charge is 0.0874 e. The van der Waals surface area contributed by atoms with Crippen LogP contribution in [0.5, 0.6) is 0 Å². The summed E-state index contributed by atoms with van der Waals surface area (Å²) in [5, 5.41) is 0. The maximum atomic E-state index is 5.31. The lowest BCUT2D eigenvalue weighted by Gasteiger charge is -2.03. The fourth-order valence-electron chi connectivity index (χ4n) is 1.51. The summed E-state index contributed by atoms with van der Waals surface area (Å²) in [6.45, 7) is 5.86. The predicted octanol–water partition coefficient (Wildman–Crippen LogP) is 2.93. The second-order valence-corrected chi connectivity index (χ2v) is 4.25. The highest BCUT2D eigenvalue weighted by atomic mass is 79.9. The number of aromatic nitrogens is 1. The van der Waals surface area contributed by atoms with Crippen LogP contribution in [-0.4, -0.2) is 4.98 Å². The van der Waals surface area contributed by atoms with Crippen LogP contribution < -0.4 is 0 Å². The lowest BCUT2D eigenvalue weighted by molar-refractivity contribution is 0.132. The third-order valence-corrected chi connectivity index (χ3v) is 3.13. The minimum atomic E-state index is 0.546. The third-order valence-electron chi connectivity index (χ3n) is 2.22. The van der Waals surface area contributed by atoms with Gasteiger partial charge in [-0.3, -0.25) is 0 Å². The summed E-state index contributed by atoms with van der Waals surface area (Å²) in [6, 6.07) is 0. The summed E-state index contributed by atoms with van der Waals surface area (Å²) < 4.78 is 6.52. The van der Waals surface area contributed by atoms with Gasteiger partial charge in [-0.15, -0.1) is 0 Å². The topological polar surface area (TPSA) is 25.0 Å². The summed E-state index contributed by atoms with van der Waals surface area (Å²) in [5.74, 6) is 0.546. The number of hydrogen-bond donors (Lipinski definition) is 1. The van der Waals surface area contributed by atoms with Gasteiger partial charge >= 0.3 is 0 Å². The quantitative estimate of drug-likeness (QED) is 0.788. The van der Waals surface area contributed by atoms with Crippen LogP contribution in [-0.2, 0) is 18.0 Å². The third kappa shape index (κ3) is 1.12. The van der Waals surface area contributed by atoms with Crippen molar-refractivity contribution in [1.29, 1.82) is 0 Å². The van der Waals surface area contributed by atoms with Crippen molar-refractivity contribution in [2.75, 3.05) is 0 Å². The molecule has 2 heterocycles. The fraction of sp³-hybridized carbons (Fsp3) is 0.556. The minimum Gasteiger partial charge on any atom is -0.370 e. The number of nitrogens with one attached hydrogen (secondary N) is 1. The van der Waals surface area contributed by atoms with Crippen molar-refractivity contribution in [2.24, 2.45) is 0 Å². The molecule has 1 aromatic heterocycles. The van der Waals surface area contributed by atoms with E-state index in [1.165, 1.54) is 21.4 Å². The number of aromatic amines is 1. The van der Waals surface area contributed by atoms with E-state index in [-0.39, 0.29) is 0 Å². The van der Waals surface area contributed by atoms with Crippen molar-refractivity contribution < 1.29 is 4.74 Å². The summed E-state index contributed by atoms with van der Waals surface area (Å²) in [7, 11) is 0. The molecule has 66 valence electrons. The molecule has 0 aliphatic carbocycles. The van der Waals surface area contributed by atoms with Crippen LogP contribution >= 0.6 is 15.9 Å². The molecule has 0 atom stereocenters. The van der Waals surface area contributed by atoms with E-state index in [1.807, 2.05) is 0 Å². The monoisotopic (exact) mass is 229 g/mol. The standard InChI is InChI=1S/C9H12BrNO/c1-5(2)9-8(10)6-3-12-4-7(6)11-9/h5,11H,3-4H2,1-2H3. The van der Waals surface area contributed by atoms with Gasteiger partial charge in [-0.2, -0.15) is 0 Å². The number of halogens is 1. The molecule has 1 N–H and O–H groups in total. The van der Waals surface area contributed by atoms with E-state index in [9.17, 15) is 0 Å². The van der Waals surface area contributed by atoms with Gasteiger partial charge in [0.25, 0.3) is 0 Å². The molecule has 0 amide bonds. The fourth-order valence-corrected chi connectivity index (χ4v) is 2.43. The highest BCUT2D eigenvalue weighted by Gasteiger charge is 2.21. The van der Waals surface area contributed by atoms with Gasteiger partial charge in [-0.1, -0.05) is 13.8 Å². The van der Waals surface area contributed by atoms with E-state index >= 15 is 0 Å². The maximum Gasteiger partial charge on any atom is 0.0874 e. The van der Waals surface area contributed by atoms with Gasteiger partial charge in [0.05, 0.1) is 13.2 Å². The van der Waals surface area contributed by atoms with Crippen molar-refractivity contribution in [3.05, 3.63) is 21.4 Å². The van der Waals surface area contributed by atoms with Crippen molar-refractivity contribution in [1.82, 2.24) is 4.98 Å². The maximum absolute atomic E-state index is 5.31. The summed E-state index contributed by atoms with van der Waals surface area (Å²) in [5.41, 5.74) is 3.84. The van der Waals surface area contributed by atoms with E-state index in [0.717, 1.165) is 13.2 Å². The lowest BCUT2D eigenvalue weighted by Crippen LogP contribution is -1.91. The molecule has 1 aliphatic heterocycles. The molecule has 12 heavy (non-hydrogen) atoms. The van der Waals surface area contributed by atoms with Crippen LogP contribution in [0.15, 0.2) is 4.47 Å². The molecule has 0 unspecified atom stereocenters. The van der Waals surface area contributed by atoms with E-state index in [1.54, 1.807) is 0 Å². The Balaban J connectivity index is 2.47. The van der Waals surface area contributed by atoms with Gasteiger partial charge in [0.15, 0.2) is 0 Å². The van der Waals surface area contributed by atoms with Crippen LogP contribution in [0.1, 0.15) is 36.7 Å². The zero-order valence-electron chi connectivity index (χ0n) is 7.28.